The molecule has 0 aliphatic heterocycles. The standard InChI is InChI=1S/C14H13BrClNO2S/c1-9-13(17)3-2-4-14(9)20(18,19)8-10-5-6-11(15)7-12(10)16/h2-7H,8,17H2,1H3. The lowest BCUT2D eigenvalue weighted by molar-refractivity contribution is 0.594. The molecule has 3 nitrogen and oxygen atoms in total. The molecule has 2 aromatic carbocycles. The molecule has 0 aromatic heterocycles. The van der Waals surface area contributed by atoms with Crippen LogP contribution in [0.15, 0.2) is 45.8 Å². The van der Waals surface area contributed by atoms with Gasteiger partial charge in [-0.3, -0.25) is 0 Å². The minimum atomic E-state index is -3.48. The molecule has 0 aliphatic carbocycles. The third-order valence-electron chi connectivity index (χ3n) is 3.02. The lowest BCUT2D eigenvalue weighted by Crippen LogP contribution is -2.08. The van der Waals surface area contributed by atoms with Crippen LogP contribution in [-0.2, 0) is 15.6 Å². The summed E-state index contributed by atoms with van der Waals surface area (Å²) in [4.78, 5) is 0.247. The Bertz CT molecular complexity index is 760. The number of nitrogen functional groups attached to an aromatic ring is 1. The predicted octanol–water partition coefficient (Wildman–Crippen LogP) is 3.97. The second-order valence-electron chi connectivity index (χ2n) is 4.47. The number of anilines is 1. The van der Waals surface area contributed by atoms with Gasteiger partial charge in [0.1, 0.15) is 0 Å². The van der Waals surface area contributed by atoms with Gasteiger partial charge in [-0.25, -0.2) is 8.42 Å². The molecule has 0 saturated carbocycles. The molecule has 0 heterocycles. The molecule has 0 fully saturated rings. The third-order valence-corrected chi connectivity index (χ3v) is 5.67. The van der Waals surface area contributed by atoms with Crippen molar-refractivity contribution in [2.45, 2.75) is 17.6 Å². The SMILES string of the molecule is Cc1c(N)cccc1S(=O)(=O)Cc1ccc(Br)cc1Cl. The number of sulfone groups is 1. The van der Waals surface area contributed by atoms with Crippen LogP contribution in [0.2, 0.25) is 5.02 Å². The van der Waals surface area contributed by atoms with E-state index in [9.17, 15) is 8.42 Å². The normalized spacial score (nSPS) is 11.6. The van der Waals surface area contributed by atoms with Crippen LogP contribution in [0.1, 0.15) is 11.1 Å². The lowest BCUT2D eigenvalue weighted by Gasteiger charge is -2.10. The average molecular weight is 375 g/mol. The maximum absolute atomic E-state index is 12.5. The first-order valence-corrected chi connectivity index (χ1v) is 8.65. The second kappa shape index (κ2) is 5.76. The second-order valence-corrected chi connectivity index (χ2v) is 7.75. The zero-order valence-electron chi connectivity index (χ0n) is 10.7. The van der Waals surface area contributed by atoms with Crippen LogP contribution in [0.3, 0.4) is 0 Å². The van der Waals surface area contributed by atoms with Gasteiger partial charge in [0.2, 0.25) is 0 Å². The Labute approximate surface area is 131 Å². The van der Waals surface area contributed by atoms with Gasteiger partial charge in [0.05, 0.1) is 10.6 Å². The number of benzene rings is 2. The molecule has 0 atom stereocenters. The fourth-order valence-corrected chi connectivity index (χ4v) is 4.40. The van der Waals surface area contributed by atoms with E-state index in [1.54, 1.807) is 43.3 Å². The van der Waals surface area contributed by atoms with E-state index in [2.05, 4.69) is 15.9 Å². The summed E-state index contributed by atoms with van der Waals surface area (Å²) in [6, 6.07) is 10.0. The van der Waals surface area contributed by atoms with E-state index in [1.165, 1.54) is 0 Å². The maximum Gasteiger partial charge on any atom is 0.182 e. The van der Waals surface area contributed by atoms with E-state index in [1.807, 2.05) is 0 Å². The number of hydrogen-bond donors (Lipinski definition) is 1. The fraction of sp³-hybridized carbons (Fsp3) is 0.143. The van der Waals surface area contributed by atoms with Crippen molar-refractivity contribution >= 4 is 43.1 Å². The Morgan fingerprint density at radius 1 is 1.25 bits per heavy atom. The largest absolute Gasteiger partial charge is 0.398 e. The minimum absolute atomic E-state index is 0.149. The van der Waals surface area contributed by atoms with Gasteiger partial charge in [0.25, 0.3) is 0 Å². The summed E-state index contributed by atoms with van der Waals surface area (Å²) in [5.74, 6) is -0.149. The molecule has 0 radical (unpaired) electrons. The maximum atomic E-state index is 12.5. The van der Waals surface area contributed by atoms with Crippen molar-refractivity contribution in [3.63, 3.8) is 0 Å². The van der Waals surface area contributed by atoms with Gasteiger partial charge < -0.3 is 5.73 Å². The lowest BCUT2D eigenvalue weighted by atomic mass is 10.2. The molecule has 0 bridgehead atoms. The van der Waals surface area contributed by atoms with E-state index >= 15 is 0 Å². The molecule has 2 aromatic rings. The first kappa shape index (κ1) is 15.4. The van der Waals surface area contributed by atoms with Crippen LogP contribution >= 0.6 is 27.5 Å². The van der Waals surface area contributed by atoms with Crippen molar-refractivity contribution in [3.8, 4) is 0 Å². The average Bonchev–Trinajstić information content (AvgIpc) is 2.36. The summed E-state index contributed by atoms with van der Waals surface area (Å²) in [6.45, 7) is 1.70. The minimum Gasteiger partial charge on any atom is -0.398 e. The Morgan fingerprint density at radius 2 is 1.95 bits per heavy atom. The molecular formula is C14H13BrClNO2S. The Morgan fingerprint density at radius 3 is 2.60 bits per heavy atom. The van der Waals surface area contributed by atoms with E-state index in [0.29, 0.717) is 21.8 Å². The molecular weight excluding hydrogens is 362 g/mol. The molecule has 0 aliphatic rings. The quantitative estimate of drug-likeness (QED) is 0.827. The van der Waals surface area contributed by atoms with E-state index in [4.69, 9.17) is 17.3 Å². The predicted molar refractivity (Wildman–Crippen MR) is 85.6 cm³/mol. The van der Waals surface area contributed by atoms with Gasteiger partial charge in [0.15, 0.2) is 9.84 Å². The summed E-state index contributed by atoms with van der Waals surface area (Å²) in [6.07, 6.45) is 0. The van der Waals surface area contributed by atoms with Crippen LogP contribution in [0.5, 0.6) is 0 Å². The summed E-state index contributed by atoms with van der Waals surface area (Å²) in [5, 5.41) is 0.421. The Kier molecular flexibility index (Phi) is 4.42. The topological polar surface area (TPSA) is 60.2 Å². The van der Waals surface area contributed by atoms with Crippen molar-refractivity contribution in [2.75, 3.05) is 5.73 Å². The highest BCUT2D eigenvalue weighted by atomic mass is 79.9. The Hall–Kier alpha value is -1.04. The molecule has 106 valence electrons. The van der Waals surface area contributed by atoms with Gasteiger partial charge >= 0.3 is 0 Å². The molecule has 0 unspecified atom stereocenters. The highest BCUT2D eigenvalue weighted by Gasteiger charge is 2.20. The highest BCUT2D eigenvalue weighted by Crippen LogP contribution is 2.28. The van der Waals surface area contributed by atoms with Crippen LogP contribution in [0.4, 0.5) is 5.69 Å². The number of nitrogens with two attached hydrogens (primary N) is 1. The highest BCUT2D eigenvalue weighted by molar-refractivity contribution is 9.10. The Balaban J connectivity index is 2.44. The van der Waals surface area contributed by atoms with Crippen LogP contribution < -0.4 is 5.73 Å². The summed E-state index contributed by atoms with van der Waals surface area (Å²) in [5.41, 5.74) is 7.37. The summed E-state index contributed by atoms with van der Waals surface area (Å²) >= 11 is 9.37. The summed E-state index contributed by atoms with van der Waals surface area (Å²) < 4.78 is 25.8. The van der Waals surface area contributed by atoms with E-state index in [-0.39, 0.29) is 10.6 Å². The van der Waals surface area contributed by atoms with Crippen molar-refractivity contribution in [1.29, 1.82) is 0 Å². The number of rotatable bonds is 3. The van der Waals surface area contributed by atoms with Crippen LogP contribution in [-0.4, -0.2) is 8.42 Å². The zero-order chi connectivity index (χ0) is 14.9. The first-order valence-electron chi connectivity index (χ1n) is 5.83. The third kappa shape index (κ3) is 3.16. The van der Waals surface area contributed by atoms with Crippen molar-refractivity contribution < 1.29 is 8.42 Å². The number of hydrogen-bond acceptors (Lipinski definition) is 3. The van der Waals surface area contributed by atoms with Gasteiger partial charge in [0, 0.05) is 15.2 Å². The van der Waals surface area contributed by atoms with Crippen LogP contribution in [0.25, 0.3) is 0 Å². The van der Waals surface area contributed by atoms with E-state index in [0.717, 1.165) is 4.47 Å². The van der Waals surface area contributed by atoms with Crippen LogP contribution in [0, 0.1) is 6.92 Å². The first-order chi connectivity index (χ1) is 9.31. The fourth-order valence-electron chi connectivity index (χ4n) is 1.89. The van der Waals surface area contributed by atoms with Gasteiger partial charge in [-0.2, -0.15) is 0 Å². The number of halogens is 2. The zero-order valence-corrected chi connectivity index (χ0v) is 13.9. The molecule has 6 heteroatoms. The van der Waals surface area contributed by atoms with Gasteiger partial charge in [-0.05, 0) is 42.3 Å². The molecule has 0 spiro atoms. The van der Waals surface area contributed by atoms with E-state index < -0.39 is 9.84 Å². The molecule has 2 N–H and O–H groups in total. The van der Waals surface area contributed by atoms with Crippen molar-refractivity contribution in [2.24, 2.45) is 0 Å². The molecule has 0 saturated heterocycles. The van der Waals surface area contributed by atoms with Gasteiger partial charge in [-0.15, -0.1) is 0 Å². The molecule has 0 amide bonds. The van der Waals surface area contributed by atoms with Crippen molar-refractivity contribution in [3.05, 3.63) is 57.0 Å². The molecule has 2 rings (SSSR count). The van der Waals surface area contributed by atoms with Crippen molar-refractivity contribution in [1.82, 2.24) is 0 Å². The monoisotopic (exact) mass is 373 g/mol. The summed E-state index contributed by atoms with van der Waals surface area (Å²) in [7, 11) is -3.48. The smallest absolute Gasteiger partial charge is 0.182 e. The molecule has 20 heavy (non-hydrogen) atoms. The van der Waals surface area contributed by atoms with Gasteiger partial charge in [-0.1, -0.05) is 39.7 Å².